The zero-order valence-corrected chi connectivity index (χ0v) is 10.2. The van der Waals surface area contributed by atoms with E-state index in [9.17, 15) is 0 Å². The number of nitrogens with one attached hydrogen (secondary N) is 1. The summed E-state index contributed by atoms with van der Waals surface area (Å²) < 4.78 is 5.44. The molecular weight excluding hydrogens is 198 g/mol. The third-order valence-corrected chi connectivity index (χ3v) is 3.17. The first-order valence-electron chi connectivity index (χ1n) is 6.18. The van der Waals surface area contributed by atoms with Gasteiger partial charge in [0.05, 0.1) is 6.61 Å². The molecule has 1 aromatic rings. The molecule has 0 aromatic heterocycles. The predicted molar refractivity (Wildman–Crippen MR) is 66.4 cm³/mol. The lowest BCUT2D eigenvalue weighted by Crippen LogP contribution is -2.39. The van der Waals surface area contributed by atoms with E-state index in [1.165, 1.54) is 18.4 Å². The molecule has 0 saturated heterocycles. The van der Waals surface area contributed by atoms with Crippen molar-refractivity contribution in [3.05, 3.63) is 35.9 Å². The Balaban J connectivity index is 1.94. The van der Waals surface area contributed by atoms with Gasteiger partial charge in [-0.3, -0.25) is 0 Å². The van der Waals surface area contributed by atoms with Crippen LogP contribution in [0.25, 0.3) is 0 Å². The van der Waals surface area contributed by atoms with Crippen LogP contribution in [0.4, 0.5) is 0 Å². The molecule has 1 aliphatic carbocycles. The SMILES string of the molecule is CCOCC(C)NC1(c2ccccc2)CC1. The molecule has 1 fully saturated rings. The lowest BCUT2D eigenvalue weighted by atomic mass is 10.0. The fourth-order valence-electron chi connectivity index (χ4n) is 2.21. The summed E-state index contributed by atoms with van der Waals surface area (Å²) in [5.41, 5.74) is 1.65. The summed E-state index contributed by atoms with van der Waals surface area (Å²) in [6.45, 7) is 5.82. The lowest BCUT2D eigenvalue weighted by Gasteiger charge is -2.23. The molecule has 2 heteroatoms. The maximum Gasteiger partial charge on any atom is 0.0617 e. The van der Waals surface area contributed by atoms with Gasteiger partial charge in [-0.1, -0.05) is 30.3 Å². The third kappa shape index (κ3) is 2.63. The second-order valence-electron chi connectivity index (χ2n) is 4.65. The van der Waals surface area contributed by atoms with Crippen molar-refractivity contribution in [1.29, 1.82) is 0 Å². The van der Waals surface area contributed by atoms with Crippen LogP contribution in [0.3, 0.4) is 0 Å². The van der Waals surface area contributed by atoms with Gasteiger partial charge in [-0.15, -0.1) is 0 Å². The van der Waals surface area contributed by atoms with Crippen molar-refractivity contribution in [2.75, 3.05) is 13.2 Å². The summed E-state index contributed by atoms with van der Waals surface area (Å²) >= 11 is 0. The second-order valence-corrected chi connectivity index (χ2v) is 4.65. The highest BCUT2D eigenvalue weighted by molar-refractivity contribution is 5.30. The van der Waals surface area contributed by atoms with Gasteiger partial charge >= 0.3 is 0 Å². The van der Waals surface area contributed by atoms with E-state index in [0.29, 0.717) is 6.04 Å². The molecular formula is C14H21NO. The second kappa shape index (κ2) is 4.98. The summed E-state index contributed by atoms with van der Waals surface area (Å²) in [6.07, 6.45) is 2.49. The minimum Gasteiger partial charge on any atom is -0.380 e. The molecule has 0 aliphatic heterocycles. The molecule has 1 N–H and O–H groups in total. The molecule has 0 bridgehead atoms. The van der Waals surface area contributed by atoms with Crippen molar-refractivity contribution >= 4 is 0 Å². The molecule has 1 saturated carbocycles. The van der Waals surface area contributed by atoms with Gasteiger partial charge in [0.25, 0.3) is 0 Å². The predicted octanol–water partition coefficient (Wildman–Crippen LogP) is 2.69. The summed E-state index contributed by atoms with van der Waals surface area (Å²) in [6, 6.07) is 11.2. The Morgan fingerprint density at radius 2 is 2.00 bits per heavy atom. The Morgan fingerprint density at radius 1 is 1.31 bits per heavy atom. The van der Waals surface area contributed by atoms with E-state index in [1.807, 2.05) is 6.92 Å². The molecule has 0 amide bonds. The maximum atomic E-state index is 5.44. The normalized spacial score (nSPS) is 19.4. The lowest BCUT2D eigenvalue weighted by molar-refractivity contribution is 0.122. The Kier molecular flexibility index (Phi) is 3.62. The van der Waals surface area contributed by atoms with Crippen LogP contribution in [0.1, 0.15) is 32.3 Å². The third-order valence-electron chi connectivity index (χ3n) is 3.17. The van der Waals surface area contributed by atoms with Crippen LogP contribution in [0.2, 0.25) is 0 Å². The minimum absolute atomic E-state index is 0.234. The zero-order valence-electron chi connectivity index (χ0n) is 10.2. The van der Waals surface area contributed by atoms with Gasteiger partial charge in [0.15, 0.2) is 0 Å². The van der Waals surface area contributed by atoms with Gasteiger partial charge in [0.2, 0.25) is 0 Å². The van der Waals surface area contributed by atoms with E-state index >= 15 is 0 Å². The Morgan fingerprint density at radius 3 is 2.56 bits per heavy atom. The molecule has 88 valence electrons. The van der Waals surface area contributed by atoms with Crippen molar-refractivity contribution in [2.24, 2.45) is 0 Å². The molecule has 1 atom stereocenters. The van der Waals surface area contributed by atoms with Crippen molar-refractivity contribution in [3.8, 4) is 0 Å². The van der Waals surface area contributed by atoms with Crippen molar-refractivity contribution in [3.63, 3.8) is 0 Å². The molecule has 0 spiro atoms. The maximum absolute atomic E-state index is 5.44. The first-order chi connectivity index (χ1) is 7.77. The van der Waals surface area contributed by atoms with Crippen molar-refractivity contribution in [1.82, 2.24) is 5.32 Å². The van der Waals surface area contributed by atoms with E-state index in [4.69, 9.17) is 4.74 Å². The molecule has 1 unspecified atom stereocenters. The molecule has 0 heterocycles. The number of ether oxygens (including phenoxy) is 1. The highest BCUT2D eigenvalue weighted by Crippen LogP contribution is 2.45. The average molecular weight is 219 g/mol. The first kappa shape index (κ1) is 11.6. The topological polar surface area (TPSA) is 21.3 Å². The number of benzene rings is 1. The smallest absolute Gasteiger partial charge is 0.0617 e. The zero-order chi connectivity index (χ0) is 11.4. The van der Waals surface area contributed by atoms with E-state index in [1.54, 1.807) is 0 Å². The van der Waals surface area contributed by atoms with Gasteiger partial charge in [-0.25, -0.2) is 0 Å². The minimum atomic E-state index is 0.234. The van der Waals surface area contributed by atoms with E-state index in [-0.39, 0.29) is 5.54 Å². The average Bonchev–Trinajstić information content (AvgIpc) is 3.09. The Labute approximate surface area is 98.0 Å². The largest absolute Gasteiger partial charge is 0.380 e. The van der Waals surface area contributed by atoms with Crippen LogP contribution in [-0.2, 0) is 10.3 Å². The first-order valence-corrected chi connectivity index (χ1v) is 6.18. The van der Waals surface area contributed by atoms with Gasteiger partial charge in [0.1, 0.15) is 0 Å². The number of hydrogen-bond acceptors (Lipinski definition) is 2. The summed E-state index contributed by atoms with van der Waals surface area (Å²) in [5, 5.41) is 3.69. The highest BCUT2D eigenvalue weighted by Gasteiger charge is 2.44. The quantitative estimate of drug-likeness (QED) is 0.794. The summed E-state index contributed by atoms with van der Waals surface area (Å²) in [5.74, 6) is 0. The van der Waals surface area contributed by atoms with Gasteiger partial charge in [-0.2, -0.15) is 0 Å². The fraction of sp³-hybridized carbons (Fsp3) is 0.571. The molecule has 2 rings (SSSR count). The summed E-state index contributed by atoms with van der Waals surface area (Å²) in [4.78, 5) is 0. The van der Waals surface area contributed by atoms with Gasteiger partial charge in [0, 0.05) is 18.2 Å². The molecule has 16 heavy (non-hydrogen) atoms. The Hall–Kier alpha value is -0.860. The molecule has 2 nitrogen and oxygen atoms in total. The number of hydrogen-bond donors (Lipinski definition) is 1. The fourth-order valence-corrected chi connectivity index (χ4v) is 2.21. The molecule has 0 radical (unpaired) electrons. The van der Waals surface area contributed by atoms with Gasteiger partial charge in [-0.05, 0) is 32.3 Å². The Bertz CT molecular complexity index is 319. The van der Waals surface area contributed by atoms with E-state index in [2.05, 4.69) is 42.6 Å². The highest BCUT2D eigenvalue weighted by atomic mass is 16.5. The monoisotopic (exact) mass is 219 g/mol. The van der Waals surface area contributed by atoms with Crippen LogP contribution in [0, 0.1) is 0 Å². The van der Waals surface area contributed by atoms with Crippen LogP contribution in [-0.4, -0.2) is 19.3 Å². The van der Waals surface area contributed by atoms with E-state index < -0.39 is 0 Å². The van der Waals surface area contributed by atoms with Crippen LogP contribution in [0.5, 0.6) is 0 Å². The van der Waals surface area contributed by atoms with Crippen molar-refractivity contribution in [2.45, 2.75) is 38.3 Å². The van der Waals surface area contributed by atoms with Crippen molar-refractivity contribution < 1.29 is 4.74 Å². The molecule has 1 aromatic carbocycles. The van der Waals surface area contributed by atoms with Crippen LogP contribution >= 0.6 is 0 Å². The molecule has 1 aliphatic rings. The van der Waals surface area contributed by atoms with E-state index in [0.717, 1.165) is 13.2 Å². The summed E-state index contributed by atoms with van der Waals surface area (Å²) in [7, 11) is 0. The number of rotatable bonds is 6. The standard InChI is InChI=1S/C14H21NO/c1-3-16-11-12(2)15-14(9-10-14)13-7-5-4-6-8-13/h4-8,12,15H,3,9-11H2,1-2H3. The van der Waals surface area contributed by atoms with Crippen LogP contribution in [0.15, 0.2) is 30.3 Å². The van der Waals surface area contributed by atoms with Crippen LogP contribution < -0.4 is 5.32 Å². The van der Waals surface area contributed by atoms with Gasteiger partial charge < -0.3 is 10.1 Å².